The molecule has 3 aromatic heterocycles. The van der Waals surface area contributed by atoms with Crippen molar-refractivity contribution < 1.29 is 4.74 Å². The molecule has 0 saturated carbocycles. The highest BCUT2D eigenvalue weighted by molar-refractivity contribution is 7.13. The summed E-state index contributed by atoms with van der Waals surface area (Å²) >= 11 is 1.74. The van der Waals surface area contributed by atoms with Crippen molar-refractivity contribution in [1.29, 1.82) is 0 Å². The lowest BCUT2D eigenvalue weighted by molar-refractivity contribution is 0.204. The van der Waals surface area contributed by atoms with E-state index in [1.54, 1.807) is 15.9 Å². The fourth-order valence-electron chi connectivity index (χ4n) is 3.85. The first-order valence-electron chi connectivity index (χ1n) is 10.7. The second-order valence-electron chi connectivity index (χ2n) is 8.04. The Bertz CT molecular complexity index is 1160. The van der Waals surface area contributed by atoms with E-state index in [-0.39, 0.29) is 6.10 Å². The highest BCUT2D eigenvalue weighted by Crippen LogP contribution is 2.29. The molecule has 4 aromatic rings. The second-order valence-corrected chi connectivity index (χ2v) is 8.99. The first-order chi connectivity index (χ1) is 15.2. The van der Waals surface area contributed by atoms with Crippen molar-refractivity contribution in [2.75, 3.05) is 18.4 Å². The van der Waals surface area contributed by atoms with Gasteiger partial charge >= 0.3 is 6.01 Å². The Morgan fingerprint density at radius 2 is 2.13 bits per heavy atom. The standard InChI is InChI=1S/C23H26N6OS/c1-15(2)19-14-26-29-21(19)27-23(30-17-9-10-24-13-17)28-22(29)25-12-16-6-3-4-7-18(16)20-8-5-11-31-20/h3-8,11,14-15,17,24H,9-10,12-13H2,1-2H3,(H,25,27,28). The van der Waals surface area contributed by atoms with Crippen LogP contribution in [0.25, 0.3) is 16.1 Å². The third kappa shape index (κ3) is 4.13. The SMILES string of the molecule is CC(C)c1cnn2c(NCc3ccccc3-c3cccs3)nc(OC3CCNC3)nc12. The maximum Gasteiger partial charge on any atom is 0.322 e. The van der Waals surface area contributed by atoms with Gasteiger partial charge in [0.15, 0.2) is 5.65 Å². The monoisotopic (exact) mass is 434 g/mol. The molecule has 1 aliphatic heterocycles. The molecular formula is C23H26N6OS. The first-order valence-corrected chi connectivity index (χ1v) is 11.6. The van der Waals surface area contributed by atoms with Crippen LogP contribution in [0.1, 0.15) is 37.3 Å². The van der Waals surface area contributed by atoms with Crippen molar-refractivity contribution in [2.24, 2.45) is 0 Å². The van der Waals surface area contributed by atoms with Crippen LogP contribution < -0.4 is 15.4 Å². The molecule has 4 heterocycles. The number of benzene rings is 1. The lowest BCUT2D eigenvalue weighted by Crippen LogP contribution is -2.21. The number of anilines is 1. The van der Waals surface area contributed by atoms with Crippen LogP contribution in [0.4, 0.5) is 5.95 Å². The molecule has 31 heavy (non-hydrogen) atoms. The number of aromatic nitrogens is 4. The van der Waals surface area contributed by atoms with Crippen LogP contribution in [0.3, 0.4) is 0 Å². The predicted octanol–water partition coefficient (Wildman–Crippen LogP) is 4.33. The van der Waals surface area contributed by atoms with E-state index in [0.717, 1.165) is 30.7 Å². The van der Waals surface area contributed by atoms with E-state index in [1.807, 2.05) is 6.20 Å². The van der Waals surface area contributed by atoms with E-state index in [4.69, 9.17) is 9.72 Å². The van der Waals surface area contributed by atoms with Gasteiger partial charge in [0.25, 0.3) is 0 Å². The average molecular weight is 435 g/mol. The summed E-state index contributed by atoms with van der Waals surface area (Å²) in [4.78, 5) is 10.6. The van der Waals surface area contributed by atoms with Crippen LogP contribution in [-0.4, -0.2) is 38.8 Å². The number of nitrogens with one attached hydrogen (secondary N) is 2. The van der Waals surface area contributed by atoms with Gasteiger partial charge in [0.05, 0.1) is 6.20 Å². The number of rotatable bonds is 7. The van der Waals surface area contributed by atoms with Crippen molar-refractivity contribution in [3.05, 3.63) is 59.1 Å². The van der Waals surface area contributed by atoms with Gasteiger partial charge in [-0.25, -0.2) is 0 Å². The van der Waals surface area contributed by atoms with Gasteiger partial charge in [0.2, 0.25) is 5.95 Å². The van der Waals surface area contributed by atoms with Gasteiger partial charge in [0.1, 0.15) is 6.10 Å². The summed E-state index contributed by atoms with van der Waals surface area (Å²) in [5.41, 5.74) is 4.31. The van der Waals surface area contributed by atoms with Crippen molar-refractivity contribution in [3.63, 3.8) is 0 Å². The zero-order valence-electron chi connectivity index (χ0n) is 17.7. The molecule has 7 nitrogen and oxygen atoms in total. The van der Waals surface area contributed by atoms with Gasteiger partial charge in [-0.3, -0.25) is 0 Å². The average Bonchev–Trinajstić information content (AvgIpc) is 3.53. The summed E-state index contributed by atoms with van der Waals surface area (Å²) in [5, 5.41) is 13.5. The van der Waals surface area contributed by atoms with Gasteiger partial charge in [-0.2, -0.15) is 19.6 Å². The summed E-state index contributed by atoms with van der Waals surface area (Å²) in [6, 6.07) is 13.1. The quantitative estimate of drug-likeness (QED) is 0.451. The normalized spacial score (nSPS) is 16.3. The van der Waals surface area contributed by atoms with Crippen LogP contribution in [0.15, 0.2) is 48.0 Å². The van der Waals surface area contributed by atoms with Crippen LogP contribution in [0, 0.1) is 0 Å². The van der Waals surface area contributed by atoms with E-state index in [0.29, 0.717) is 24.4 Å². The minimum atomic E-state index is 0.0975. The molecule has 1 fully saturated rings. The molecule has 0 amide bonds. The Labute approximate surface area is 185 Å². The molecule has 1 atom stereocenters. The minimum absolute atomic E-state index is 0.0975. The Kier molecular flexibility index (Phi) is 5.57. The first kappa shape index (κ1) is 20.0. The molecule has 1 aliphatic rings. The third-order valence-corrected chi connectivity index (χ3v) is 6.43. The Morgan fingerprint density at radius 3 is 2.90 bits per heavy atom. The Balaban J connectivity index is 1.48. The molecular weight excluding hydrogens is 408 g/mol. The molecule has 160 valence electrons. The number of nitrogens with zero attached hydrogens (tertiary/aromatic N) is 4. The lowest BCUT2D eigenvalue weighted by Gasteiger charge is -2.14. The molecule has 2 N–H and O–H groups in total. The maximum absolute atomic E-state index is 6.10. The fourth-order valence-corrected chi connectivity index (χ4v) is 4.64. The van der Waals surface area contributed by atoms with Crippen LogP contribution >= 0.6 is 11.3 Å². The highest BCUT2D eigenvalue weighted by atomic mass is 32.1. The summed E-state index contributed by atoms with van der Waals surface area (Å²) in [6.07, 6.45) is 2.93. The number of hydrogen-bond acceptors (Lipinski definition) is 7. The van der Waals surface area contributed by atoms with Gasteiger partial charge in [-0.15, -0.1) is 11.3 Å². The van der Waals surface area contributed by atoms with E-state index in [9.17, 15) is 0 Å². The van der Waals surface area contributed by atoms with Crippen LogP contribution in [-0.2, 0) is 6.54 Å². The third-order valence-electron chi connectivity index (χ3n) is 5.52. The maximum atomic E-state index is 6.10. The molecule has 0 radical (unpaired) electrons. The van der Waals surface area contributed by atoms with E-state index >= 15 is 0 Å². The van der Waals surface area contributed by atoms with Gasteiger partial charge in [-0.1, -0.05) is 44.2 Å². The Hall–Kier alpha value is -2.97. The molecule has 5 rings (SSSR count). The molecule has 0 aliphatic carbocycles. The molecule has 0 spiro atoms. The van der Waals surface area contributed by atoms with Crippen LogP contribution in [0.5, 0.6) is 6.01 Å². The fraction of sp³-hybridized carbons (Fsp3) is 0.348. The summed E-state index contributed by atoms with van der Waals surface area (Å²) < 4.78 is 7.88. The van der Waals surface area contributed by atoms with Gasteiger partial charge in [-0.05, 0) is 41.5 Å². The van der Waals surface area contributed by atoms with Crippen LogP contribution in [0.2, 0.25) is 0 Å². The minimum Gasteiger partial charge on any atom is -0.459 e. The zero-order valence-corrected chi connectivity index (χ0v) is 18.5. The number of thiophene rings is 1. The molecule has 1 saturated heterocycles. The predicted molar refractivity (Wildman–Crippen MR) is 124 cm³/mol. The number of fused-ring (bicyclic) bond motifs is 1. The molecule has 1 aromatic carbocycles. The van der Waals surface area contributed by atoms with E-state index in [1.165, 1.54) is 16.0 Å². The van der Waals surface area contributed by atoms with Gasteiger partial charge in [0, 0.05) is 23.5 Å². The smallest absolute Gasteiger partial charge is 0.322 e. The van der Waals surface area contributed by atoms with Gasteiger partial charge < -0.3 is 15.4 Å². The zero-order chi connectivity index (χ0) is 21.2. The molecule has 8 heteroatoms. The highest BCUT2D eigenvalue weighted by Gasteiger charge is 2.21. The number of hydrogen-bond donors (Lipinski definition) is 2. The summed E-state index contributed by atoms with van der Waals surface area (Å²) in [7, 11) is 0. The second kappa shape index (κ2) is 8.64. The largest absolute Gasteiger partial charge is 0.459 e. The van der Waals surface area contributed by atoms with Crippen molar-refractivity contribution in [1.82, 2.24) is 24.9 Å². The Morgan fingerprint density at radius 1 is 1.23 bits per heavy atom. The van der Waals surface area contributed by atoms with Crippen molar-refractivity contribution >= 4 is 22.9 Å². The lowest BCUT2D eigenvalue weighted by atomic mass is 10.1. The summed E-state index contributed by atoms with van der Waals surface area (Å²) in [6.45, 7) is 6.69. The molecule has 0 bridgehead atoms. The van der Waals surface area contributed by atoms with E-state index in [2.05, 4.69) is 76.3 Å². The summed E-state index contributed by atoms with van der Waals surface area (Å²) in [5.74, 6) is 0.944. The van der Waals surface area contributed by atoms with Crippen molar-refractivity contribution in [2.45, 2.75) is 38.8 Å². The number of ether oxygens (including phenoxy) is 1. The topological polar surface area (TPSA) is 76.4 Å². The molecule has 1 unspecified atom stereocenters. The van der Waals surface area contributed by atoms with E-state index < -0.39 is 0 Å². The van der Waals surface area contributed by atoms with Crippen molar-refractivity contribution in [3.8, 4) is 16.5 Å².